The van der Waals surface area contributed by atoms with Gasteiger partial charge < -0.3 is 4.42 Å². The van der Waals surface area contributed by atoms with E-state index in [1.807, 2.05) is 112 Å². The Balaban J connectivity index is 0.000000280. The zero-order valence-electron chi connectivity index (χ0n) is 26.9. The van der Waals surface area contributed by atoms with Gasteiger partial charge in [0.1, 0.15) is 11.9 Å². The van der Waals surface area contributed by atoms with E-state index in [1.54, 1.807) is 12.3 Å². The molecule has 7 heteroatoms. The van der Waals surface area contributed by atoms with Crippen LogP contribution in [0.3, 0.4) is 0 Å². The van der Waals surface area contributed by atoms with Gasteiger partial charge in [-0.05, 0) is 35.2 Å². The first-order valence-corrected chi connectivity index (χ1v) is 14.1. The maximum Gasteiger partial charge on any atom is 0.130 e. The van der Waals surface area contributed by atoms with E-state index in [4.69, 9.17) is 7.16 Å². The van der Waals surface area contributed by atoms with Crippen molar-refractivity contribution in [3.8, 4) is 39.7 Å². The maximum atomic E-state index is 9.77. The van der Waals surface area contributed by atoms with Crippen LogP contribution < -0.4 is 0 Å². The van der Waals surface area contributed by atoms with Crippen LogP contribution in [0, 0.1) is 28.9 Å². The molecular weight excluding hydrogens is 735 g/mol. The first kappa shape index (κ1) is 28.7. The van der Waals surface area contributed by atoms with Gasteiger partial charge in [-0.3, -0.25) is 4.98 Å². The van der Waals surface area contributed by atoms with Crippen LogP contribution >= 0.6 is 0 Å². The molecule has 0 aliphatic heterocycles. The first-order chi connectivity index (χ1) is 22.2. The fourth-order valence-corrected chi connectivity index (χ4v) is 4.92. The van der Waals surface area contributed by atoms with Crippen LogP contribution in [0.15, 0.2) is 114 Å². The number of rotatable bonds is 4. The van der Waals surface area contributed by atoms with Gasteiger partial charge in [0.15, 0.2) is 0 Å². The zero-order chi connectivity index (χ0) is 32.3. The number of benzene rings is 4. The molecule has 0 saturated heterocycles. The second kappa shape index (κ2) is 13.7. The molecule has 0 unspecified atom stereocenters. The number of nitriles is 1. The average Bonchev–Trinajstić information content (AvgIpc) is 3.48. The molecule has 0 atom stereocenters. The largest absolute Gasteiger partial charge is 0.500 e. The summed E-state index contributed by atoms with van der Waals surface area (Å²) in [6, 6.07) is 38.9. The minimum absolute atomic E-state index is 0. The van der Waals surface area contributed by atoms with E-state index in [0.29, 0.717) is 33.7 Å². The van der Waals surface area contributed by atoms with Crippen molar-refractivity contribution in [1.29, 1.82) is 5.26 Å². The van der Waals surface area contributed by atoms with Gasteiger partial charge in [-0.15, -0.1) is 54.1 Å². The predicted molar refractivity (Wildman–Crippen MR) is 173 cm³/mol. The van der Waals surface area contributed by atoms with Crippen molar-refractivity contribution >= 4 is 21.9 Å². The minimum atomic E-state index is -1.66. The van der Waals surface area contributed by atoms with E-state index in [0.717, 1.165) is 33.2 Å². The molecule has 0 aliphatic carbocycles. The summed E-state index contributed by atoms with van der Waals surface area (Å²) in [4.78, 5) is 8.65. The van der Waals surface area contributed by atoms with Gasteiger partial charge in [0.25, 0.3) is 0 Å². The Labute approximate surface area is 279 Å². The van der Waals surface area contributed by atoms with Crippen LogP contribution in [0.5, 0.6) is 0 Å². The van der Waals surface area contributed by atoms with Crippen molar-refractivity contribution in [2.75, 3.05) is 0 Å². The summed E-state index contributed by atoms with van der Waals surface area (Å²) in [7, 11) is 0. The van der Waals surface area contributed by atoms with Crippen molar-refractivity contribution in [2.24, 2.45) is 5.41 Å². The van der Waals surface area contributed by atoms with E-state index in [2.05, 4.69) is 38.4 Å². The third-order valence-electron chi connectivity index (χ3n) is 6.77. The van der Waals surface area contributed by atoms with Gasteiger partial charge in [-0.25, -0.2) is 10.1 Å². The number of fused-ring (bicyclic) bond motifs is 3. The van der Waals surface area contributed by atoms with Crippen LogP contribution in [0.2, 0.25) is 0 Å². The van der Waals surface area contributed by atoms with Crippen LogP contribution in [0.1, 0.15) is 34.8 Å². The molecule has 0 fully saturated rings. The number of hydrogen-bond acceptors (Lipinski definition) is 6. The molecule has 0 aliphatic rings. The molecule has 7 aromatic rings. The molecule has 0 N–H and O–H groups in total. The molecule has 223 valence electrons. The number of furan rings is 1. The van der Waals surface area contributed by atoms with E-state index in [9.17, 15) is 5.26 Å². The summed E-state index contributed by atoms with van der Waals surface area (Å²) < 4.78 is 23.6. The molecule has 3 aromatic heterocycles. The molecule has 0 spiro atoms. The summed E-state index contributed by atoms with van der Waals surface area (Å²) in [5, 5.41) is 19.3. The molecule has 1 radical (unpaired) electrons. The van der Waals surface area contributed by atoms with Crippen molar-refractivity contribution in [2.45, 2.75) is 27.1 Å². The normalized spacial score (nSPS) is 11.9. The Bertz CT molecular complexity index is 2140. The van der Waals surface area contributed by atoms with E-state index in [1.165, 1.54) is 6.33 Å². The second-order valence-corrected chi connectivity index (χ2v) is 11.1. The molecule has 0 amide bonds. The summed E-state index contributed by atoms with van der Waals surface area (Å²) in [6.07, 6.45) is 1.38. The standard InChI is InChI=1S/C28H22N3O.C10H7N2.Ir/c1-28(2,3)15-20-14-24(31-17-30-20)23-11-7-10-21-22-13-12-19(16-29)25(27(22)32-26(21)23)18-8-5-4-6-9-18;1-2-5-9(6-3-1)10-7-4-8-11-12-10;/h4-10,12-14,17H,15H2,1-3H3;1-5,7-8H;/q2*-1;/i15D2;;. The molecule has 6 nitrogen and oxygen atoms in total. The van der Waals surface area contributed by atoms with Crippen molar-refractivity contribution < 1.29 is 27.3 Å². The number of aromatic nitrogens is 4. The number of hydrogen-bond donors (Lipinski definition) is 0. The van der Waals surface area contributed by atoms with E-state index >= 15 is 0 Å². The molecular formula is C38H29IrN5O-2. The molecule has 0 saturated carbocycles. The van der Waals surface area contributed by atoms with Crippen LogP contribution in [0.4, 0.5) is 0 Å². The SMILES string of the molecule is [2H]C([2H])(c1cc(-c2[c-]ccc3c2oc2c(-c4ccccc4)c(C#N)ccc23)ncn1)C(C)(C)C.[Ir].[c-]1ccccc1-c1cccnn1. The van der Waals surface area contributed by atoms with E-state index in [-0.39, 0.29) is 20.1 Å². The van der Waals surface area contributed by atoms with Gasteiger partial charge in [0.05, 0.1) is 17.2 Å². The Kier molecular flexibility index (Phi) is 8.77. The molecule has 7 rings (SSSR count). The minimum Gasteiger partial charge on any atom is -0.500 e. The van der Waals surface area contributed by atoms with Crippen LogP contribution in [0.25, 0.3) is 55.6 Å². The zero-order valence-corrected chi connectivity index (χ0v) is 27.3. The van der Waals surface area contributed by atoms with E-state index < -0.39 is 11.8 Å². The van der Waals surface area contributed by atoms with Crippen molar-refractivity contribution in [3.05, 3.63) is 133 Å². The summed E-state index contributed by atoms with van der Waals surface area (Å²) in [5.41, 5.74) is 6.05. The van der Waals surface area contributed by atoms with Crippen molar-refractivity contribution in [1.82, 2.24) is 20.2 Å². The topological polar surface area (TPSA) is 88.5 Å². The van der Waals surface area contributed by atoms with Gasteiger partial charge in [-0.1, -0.05) is 80.3 Å². The summed E-state index contributed by atoms with van der Waals surface area (Å²) in [5.74, 6) is 0. The Morgan fingerprint density at radius 2 is 1.64 bits per heavy atom. The third-order valence-corrected chi connectivity index (χ3v) is 6.77. The molecule has 4 aromatic carbocycles. The molecule has 45 heavy (non-hydrogen) atoms. The monoisotopic (exact) mass is 766 g/mol. The average molecular weight is 766 g/mol. The van der Waals surface area contributed by atoms with Gasteiger partial charge >= 0.3 is 0 Å². The van der Waals surface area contributed by atoms with Crippen LogP contribution in [-0.2, 0) is 26.5 Å². The third kappa shape index (κ3) is 7.05. The Morgan fingerprint density at radius 1 is 0.844 bits per heavy atom. The Hall–Kier alpha value is -5.02. The fraction of sp³-hybridized carbons (Fsp3) is 0.132. The van der Waals surface area contributed by atoms with Gasteiger partial charge in [-0.2, -0.15) is 10.4 Å². The number of nitrogens with zero attached hydrogens (tertiary/aromatic N) is 5. The summed E-state index contributed by atoms with van der Waals surface area (Å²) >= 11 is 0. The van der Waals surface area contributed by atoms with Crippen molar-refractivity contribution in [3.63, 3.8) is 0 Å². The molecule has 0 bridgehead atoms. The second-order valence-electron chi connectivity index (χ2n) is 11.1. The Morgan fingerprint density at radius 3 is 2.36 bits per heavy atom. The van der Waals surface area contributed by atoms with Crippen LogP contribution in [-0.4, -0.2) is 20.2 Å². The smallest absolute Gasteiger partial charge is 0.130 e. The first-order valence-electron chi connectivity index (χ1n) is 15.1. The fourth-order valence-electron chi connectivity index (χ4n) is 4.92. The molecule has 3 heterocycles. The van der Waals surface area contributed by atoms with Gasteiger partial charge in [0, 0.05) is 51.4 Å². The predicted octanol–water partition coefficient (Wildman–Crippen LogP) is 8.91. The summed E-state index contributed by atoms with van der Waals surface area (Å²) in [6.45, 7) is 5.54. The maximum absolute atomic E-state index is 9.77. The van der Waals surface area contributed by atoms with Gasteiger partial charge in [0.2, 0.25) is 0 Å². The quantitative estimate of drug-likeness (QED) is 0.166.